The first-order chi connectivity index (χ1) is 1.73. The molecule has 0 unspecified atom stereocenters. The van der Waals surface area contributed by atoms with Gasteiger partial charge in [0, 0.05) is 44.1 Å². The number of aliphatic carboxylic acids is 1. The van der Waals surface area contributed by atoms with E-state index in [9.17, 15) is 0 Å². The first-order valence-corrected chi connectivity index (χ1v) is 0.908. The zero-order chi connectivity index (χ0) is 3.58. The summed E-state index contributed by atoms with van der Waals surface area (Å²) < 4.78 is 0. The molecule has 3 nitrogen and oxygen atoms in total. The van der Waals surface area contributed by atoms with Crippen LogP contribution >= 0.6 is 0 Å². The third-order valence-electron chi connectivity index (χ3n) is 0. The van der Waals surface area contributed by atoms with Crippen LogP contribution in [0, 0.1) is 38.2 Å². The van der Waals surface area contributed by atoms with Gasteiger partial charge in [-0.15, -0.1) is 0 Å². The van der Waals surface area contributed by atoms with Gasteiger partial charge in [0.1, 0.15) is 0 Å². The minimum atomic E-state index is -1.08. The van der Waals surface area contributed by atoms with E-state index in [4.69, 9.17) is 9.90 Å². The van der Waals surface area contributed by atoms with Crippen molar-refractivity contribution in [2.45, 2.75) is 6.92 Å². The predicted octanol–water partition coefficient (Wildman–Crippen LogP) is -1.42. The number of hydrogen-bond donors (Lipinski definition) is 0. The number of carboxylic acid groups (broad SMARTS) is 1. The minimum Gasteiger partial charge on any atom is -0.870 e. The van der Waals surface area contributed by atoms with Crippen molar-refractivity contribution in [3.8, 4) is 0 Å². The molecule has 0 fully saturated rings. The van der Waals surface area contributed by atoms with Gasteiger partial charge in [0.15, 0.2) is 0 Å². The van der Waals surface area contributed by atoms with Crippen LogP contribution in [0.4, 0.5) is 0 Å². The standard InChI is InChI=1S/C2H4O2.Dy.H2O/c1-2(3)4;;/h1H3,(H,3,4);;1H2/p-2. The van der Waals surface area contributed by atoms with Crippen molar-refractivity contribution in [2.75, 3.05) is 0 Å². The Kier molecular flexibility index (Phi) is 24.4. The van der Waals surface area contributed by atoms with Crippen LogP contribution < -0.4 is 5.11 Å². The van der Waals surface area contributed by atoms with Crippen LogP contribution in [0.3, 0.4) is 0 Å². The molecule has 0 saturated carbocycles. The van der Waals surface area contributed by atoms with Crippen molar-refractivity contribution in [2.24, 2.45) is 0 Å². The summed E-state index contributed by atoms with van der Waals surface area (Å²) in [5.41, 5.74) is 0. The Balaban J connectivity index is -0.0000000450. The molecule has 0 aromatic rings. The molecule has 0 aromatic carbocycles. The molecule has 0 aliphatic carbocycles. The fraction of sp³-hybridized carbons (Fsp3) is 0.500. The van der Waals surface area contributed by atoms with Crippen molar-refractivity contribution in [1.29, 1.82) is 0 Å². The maximum absolute atomic E-state index is 8.89. The second kappa shape index (κ2) is 9.20. The Hall–Kier alpha value is 0.703. The molecular formula is C2H4DyO3-2. The Morgan fingerprint density at radius 1 is 1.67 bits per heavy atom. The molecule has 6 heavy (non-hydrogen) atoms. The van der Waals surface area contributed by atoms with E-state index in [1.54, 1.807) is 0 Å². The fourth-order valence-corrected chi connectivity index (χ4v) is 0. The van der Waals surface area contributed by atoms with Gasteiger partial charge in [0.25, 0.3) is 0 Å². The molecule has 0 spiro atoms. The van der Waals surface area contributed by atoms with E-state index < -0.39 is 5.97 Å². The van der Waals surface area contributed by atoms with Crippen LogP contribution in [-0.4, -0.2) is 11.4 Å². The number of carbonyl (C=O) groups excluding carboxylic acids is 1. The van der Waals surface area contributed by atoms with E-state index >= 15 is 0 Å². The zero-order valence-electron chi connectivity index (χ0n) is 3.08. The number of carbonyl (C=O) groups is 1. The third kappa shape index (κ3) is 131. The van der Waals surface area contributed by atoms with Gasteiger partial charge in [0.05, 0.1) is 0 Å². The van der Waals surface area contributed by atoms with Crippen LogP contribution in [-0.2, 0) is 4.79 Å². The van der Waals surface area contributed by atoms with Crippen molar-refractivity contribution in [3.63, 3.8) is 0 Å². The van der Waals surface area contributed by atoms with Gasteiger partial charge in [-0.2, -0.15) is 0 Å². The minimum absolute atomic E-state index is 0. The molecular weight excluding hydrogens is 235 g/mol. The number of rotatable bonds is 0. The third-order valence-corrected chi connectivity index (χ3v) is 0. The maximum atomic E-state index is 8.89. The average molecular weight is 239 g/mol. The smallest absolute Gasteiger partial charge is 0.0383 e. The van der Waals surface area contributed by atoms with Crippen LogP contribution in [0.2, 0.25) is 0 Å². The van der Waals surface area contributed by atoms with Crippen molar-refractivity contribution < 1.29 is 53.6 Å². The fourth-order valence-electron chi connectivity index (χ4n) is 0. The number of hydrogen-bond acceptors (Lipinski definition) is 3. The normalized spacial score (nSPS) is 4.17. The Labute approximate surface area is 66.1 Å². The van der Waals surface area contributed by atoms with Crippen LogP contribution in [0.5, 0.6) is 0 Å². The maximum Gasteiger partial charge on any atom is 0.0383 e. The zero-order valence-corrected chi connectivity index (χ0v) is 5.11. The quantitative estimate of drug-likeness (QED) is 0.520. The molecule has 0 saturated heterocycles. The van der Waals surface area contributed by atoms with Crippen LogP contribution in [0.1, 0.15) is 6.92 Å². The SMILES string of the molecule is CC(=O)[O-].[Dy].[OH-]. The summed E-state index contributed by atoms with van der Waals surface area (Å²) in [5.74, 6) is -1.08. The van der Waals surface area contributed by atoms with Gasteiger partial charge in [-0.3, -0.25) is 0 Å². The van der Waals surface area contributed by atoms with Gasteiger partial charge in [0.2, 0.25) is 0 Å². The van der Waals surface area contributed by atoms with Crippen molar-refractivity contribution in [1.82, 2.24) is 0 Å². The van der Waals surface area contributed by atoms with Crippen molar-refractivity contribution >= 4 is 5.97 Å². The first kappa shape index (κ1) is 15.9. The average Bonchev–Trinajstić information content (AvgIpc) is 0.811. The molecule has 4 heteroatoms. The summed E-state index contributed by atoms with van der Waals surface area (Å²) in [6.45, 7) is 0.972. The van der Waals surface area contributed by atoms with Gasteiger partial charge in [-0.1, -0.05) is 0 Å². The largest absolute Gasteiger partial charge is 0.870 e. The molecule has 1 N–H and O–H groups in total. The Morgan fingerprint density at radius 3 is 1.67 bits per heavy atom. The summed E-state index contributed by atoms with van der Waals surface area (Å²) in [6, 6.07) is 0. The summed E-state index contributed by atoms with van der Waals surface area (Å²) >= 11 is 0. The van der Waals surface area contributed by atoms with E-state index in [1.165, 1.54) is 0 Å². The van der Waals surface area contributed by atoms with Gasteiger partial charge < -0.3 is 15.4 Å². The van der Waals surface area contributed by atoms with Gasteiger partial charge in [-0.05, 0) is 6.92 Å². The molecule has 0 aromatic heterocycles. The summed E-state index contributed by atoms with van der Waals surface area (Å²) in [4.78, 5) is 8.89. The number of carboxylic acids is 1. The van der Waals surface area contributed by atoms with Gasteiger partial charge in [-0.25, -0.2) is 0 Å². The van der Waals surface area contributed by atoms with Gasteiger partial charge >= 0.3 is 0 Å². The van der Waals surface area contributed by atoms with E-state index in [0.717, 1.165) is 6.92 Å². The molecule has 42 valence electrons. The molecule has 0 aliphatic heterocycles. The second-order valence-electron chi connectivity index (χ2n) is 0.492. The summed E-state index contributed by atoms with van der Waals surface area (Å²) in [7, 11) is 0. The summed E-state index contributed by atoms with van der Waals surface area (Å²) in [5, 5.41) is 8.89. The summed E-state index contributed by atoms with van der Waals surface area (Å²) in [6.07, 6.45) is 0. The van der Waals surface area contributed by atoms with Crippen LogP contribution in [0.25, 0.3) is 0 Å². The second-order valence-corrected chi connectivity index (χ2v) is 0.492. The van der Waals surface area contributed by atoms with E-state index in [-0.39, 0.29) is 43.6 Å². The first-order valence-electron chi connectivity index (χ1n) is 0.908. The molecule has 0 amide bonds. The Bertz CT molecular complexity index is 31.8. The molecule has 0 heterocycles. The topological polar surface area (TPSA) is 70.1 Å². The van der Waals surface area contributed by atoms with Crippen LogP contribution in [0.15, 0.2) is 0 Å². The molecule has 0 radical (unpaired) electrons. The van der Waals surface area contributed by atoms with Crippen molar-refractivity contribution in [3.05, 3.63) is 0 Å². The van der Waals surface area contributed by atoms with E-state index in [2.05, 4.69) is 0 Å². The molecule has 0 bridgehead atoms. The molecule has 0 atom stereocenters. The molecule has 0 aliphatic rings. The van der Waals surface area contributed by atoms with E-state index in [1.807, 2.05) is 0 Å². The van der Waals surface area contributed by atoms with E-state index in [0.29, 0.717) is 0 Å². The molecule has 0 rings (SSSR count). The Morgan fingerprint density at radius 2 is 1.67 bits per heavy atom. The predicted molar refractivity (Wildman–Crippen MR) is 12.6 cm³/mol. The monoisotopic (exact) mass is 240 g/mol.